The van der Waals surface area contributed by atoms with Gasteiger partial charge in [-0.25, -0.2) is 0 Å². The molecule has 2 N–H and O–H groups in total. The molecular weight excluding hydrogens is 200 g/mol. The molecule has 3 heteroatoms. The highest BCUT2D eigenvalue weighted by molar-refractivity contribution is 5.65. The molecular formula is C13H18N2O. The van der Waals surface area contributed by atoms with Crippen molar-refractivity contribution in [2.24, 2.45) is 5.92 Å². The Hall–Kier alpha value is -1.22. The van der Waals surface area contributed by atoms with E-state index in [1.54, 1.807) is 6.07 Å². The molecule has 0 aromatic heterocycles. The minimum Gasteiger partial charge on any atom is -0.506 e. The van der Waals surface area contributed by atoms with E-state index in [2.05, 4.69) is 23.3 Å². The number of likely N-dealkylation sites (N-methyl/N-ethyl adjacent to an activating group) is 1. The second-order valence-electron chi connectivity index (χ2n) is 4.92. The topological polar surface area (TPSA) is 35.5 Å². The van der Waals surface area contributed by atoms with Crippen molar-refractivity contribution in [3.8, 4) is 5.75 Å². The first kappa shape index (κ1) is 9.97. The highest BCUT2D eigenvalue weighted by Crippen LogP contribution is 2.40. The smallest absolute Gasteiger partial charge is 0.139 e. The number of hydrogen-bond donors (Lipinski definition) is 2. The Labute approximate surface area is 96.1 Å². The Morgan fingerprint density at radius 3 is 3.19 bits per heavy atom. The van der Waals surface area contributed by atoms with Gasteiger partial charge in [0.2, 0.25) is 0 Å². The van der Waals surface area contributed by atoms with Crippen molar-refractivity contribution in [3.63, 3.8) is 0 Å². The fourth-order valence-corrected chi connectivity index (χ4v) is 3.19. The van der Waals surface area contributed by atoms with E-state index in [1.807, 2.05) is 6.07 Å². The van der Waals surface area contributed by atoms with Crippen LogP contribution in [-0.4, -0.2) is 31.3 Å². The molecule has 3 rings (SSSR count). The zero-order valence-electron chi connectivity index (χ0n) is 9.61. The summed E-state index contributed by atoms with van der Waals surface area (Å²) in [6.07, 6.45) is 2.35. The molecule has 3 nitrogen and oxygen atoms in total. The number of aromatic hydroxyl groups is 1. The van der Waals surface area contributed by atoms with E-state index >= 15 is 0 Å². The first-order valence-electron chi connectivity index (χ1n) is 6.02. The van der Waals surface area contributed by atoms with E-state index in [-0.39, 0.29) is 0 Å². The number of phenols is 1. The van der Waals surface area contributed by atoms with Crippen LogP contribution in [0.1, 0.15) is 12.0 Å². The van der Waals surface area contributed by atoms with Gasteiger partial charge in [-0.3, -0.25) is 0 Å². The van der Waals surface area contributed by atoms with Crippen LogP contribution in [0.4, 0.5) is 5.69 Å². The lowest BCUT2D eigenvalue weighted by atomic mass is 9.81. The summed E-state index contributed by atoms with van der Waals surface area (Å²) in [4.78, 5) is 2.25. The van der Waals surface area contributed by atoms with Crippen LogP contribution in [0, 0.1) is 5.92 Å². The third kappa shape index (κ3) is 1.39. The van der Waals surface area contributed by atoms with Gasteiger partial charge in [0.05, 0.1) is 5.69 Å². The van der Waals surface area contributed by atoms with Crippen LogP contribution in [0.5, 0.6) is 5.75 Å². The van der Waals surface area contributed by atoms with E-state index in [4.69, 9.17) is 0 Å². The summed E-state index contributed by atoms with van der Waals surface area (Å²) in [5.41, 5.74) is 2.33. The number of anilines is 1. The van der Waals surface area contributed by atoms with Crippen molar-refractivity contribution < 1.29 is 5.11 Å². The van der Waals surface area contributed by atoms with Gasteiger partial charge in [0.1, 0.15) is 5.75 Å². The molecule has 2 atom stereocenters. The molecule has 2 aliphatic heterocycles. The first-order valence-corrected chi connectivity index (χ1v) is 6.02. The number of nitrogens with zero attached hydrogens (tertiary/aromatic N) is 1. The predicted molar refractivity (Wildman–Crippen MR) is 65.0 cm³/mol. The summed E-state index contributed by atoms with van der Waals surface area (Å²) in [5.74, 6) is 1.16. The number of rotatable bonds is 0. The predicted octanol–water partition coefficient (Wildman–Crippen LogP) is 1.36. The highest BCUT2D eigenvalue weighted by Gasteiger charge is 2.34. The summed E-state index contributed by atoms with van der Waals surface area (Å²) in [7, 11) is 2.10. The fourth-order valence-electron chi connectivity index (χ4n) is 3.19. The molecule has 0 bridgehead atoms. The summed E-state index contributed by atoms with van der Waals surface area (Å²) in [6.45, 7) is 2.16. The number of para-hydroxylation sites is 1. The Bertz CT molecular complexity index is 405. The van der Waals surface area contributed by atoms with Gasteiger partial charge >= 0.3 is 0 Å². The van der Waals surface area contributed by atoms with Crippen LogP contribution in [-0.2, 0) is 6.42 Å². The quantitative estimate of drug-likeness (QED) is 0.690. The van der Waals surface area contributed by atoms with E-state index < -0.39 is 0 Å². The van der Waals surface area contributed by atoms with Crippen LogP contribution in [0.25, 0.3) is 0 Å². The van der Waals surface area contributed by atoms with Crippen LogP contribution < -0.4 is 10.2 Å². The Morgan fingerprint density at radius 1 is 1.44 bits per heavy atom. The van der Waals surface area contributed by atoms with Crippen molar-refractivity contribution in [1.29, 1.82) is 0 Å². The minimum atomic E-state index is 0.420. The monoisotopic (exact) mass is 218 g/mol. The summed E-state index contributed by atoms with van der Waals surface area (Å²) < 4.78 is 0. The zero-order valence-corrected chi connectivity index (χ0v) is 9.61. The third-order valence-electron chi connectivity index (χ3n) is 4.02. The summed E-state index contributed by atoms with van der Waals surface area (Å²) in [5, 5.41) is 13.4. The maximum Gasteiger partial charge on any atom is 0.139 e. The van der Waals surface area contributed by atoms with Crippen LogP contribution >= 0.6 is 0 Å². The van der Waals surface area contributed by atoms with Gasteiger partial charge < -0.3 is 15.3 Å². The normalized spacial score (nSPS) is 28.4. The van der Waals surface area contributed by atoms with E-state index in [9.17, 15) is 5.11 Å². The van der Waals surface area contributed by atoms with E-state index in [0.717, 1.165) is 31.1 Å². The van der Waals surface area contributed by atoms with E-state index in [1.165, 1.54) is 12.0 Å². The van der Waals surface area contributed by atoms with Crippen molar-refractivity contribution >= 4 is 5.69 Å². The fraction of sp³-hybridized carbons (Fsp3) is 0.538. The number of fused-ring (bicyclic) bond motifs is 2. The molecule has 0 amide bonds. The van der Waals surface area contributed by atoms with Gasteiger partial charge in [-0.05, 0) is 36.9 Å². The molecule has 2 heterocycles. The molecule has 16 heavy (non-hydrogen) atoms. The van der Waals surface area contributed by atoms with Gasteiger partial charge in [0.15, 0.2) is 0 Å². The molecule has 1 saturated heterocycles. The lowest BCUT2D eigenvalue weighted by molar-refractivity contribution is 0.300. The molecule has 0 aliphatic carbocycles. The number of hydrogen-bond acceptors (Lipinski definition) is 3. The maximum atomic E-state index is 9.95. The number of phenolic OH excluding ortho intramolecular Hbond substituents is 1. The van der Waals surface area contributed by atoms with Crippen LogP contribution in [0.15, 0.2) is 18.2 Å². The molecule has 2 unspecified atom stereocenters. The van der Waals surface area contributed by atoms with Gasteiger partial charge in [0.25, 0.3) is 0 Å². The van der Waals surface area contributed by atoms with Crippen molar-refractivity contribution in [2.75, 3.05) is 25.0 Å². The van der Waals surface area contributed by atoms with Crippen molar-refractivity contribution in [3.05, 3.63) is 23.8 Å². The van der Waals surface area contributed by atoms with Crippen molar-refractivity contribution in [1.82, 2.24) is 5.32 Å². The summed E-state index contributed by atoms with van der Waals surface area (Å²) >= 11 is 0. The van der Waals surface area contributed by atoms with E-state index in [0.29, 0.717) is 11.8 Å². The molecule has 0 spiro atoms. The Kier molecular flexibility index (Phi) is 2.28. The Morgan fingerprint density at radius 2 is 2.31 bits per heavy atom. The summed E-state index contributed by atoms with van der Waals surface area (Å²) in [6, 6.07) is 6.41. The van der Waals surface area contributed by atoms with Crippen LogP contribution in [0.3, 0.4) is 0 Å². The standard InChI is InChI=1S/C13H18N2O/c1-15-11-8-14-6-5-9(11)7-10-3-2-4-12(16)13(10)15/h2-4,9,11,14,16H,5-8H2,1H3. The SMILES string of the molecule is CN1c2c(O)cccc2CC2CCNCC21. The average Bonchev–Trinajstić information content (AvgIpc) is 2.29. The van der Waals surface area contributed by atoms with Gasteiger partial charge in [-0.1, -0.05) is 12.1 Å². The second-order valence-corrected chi connectivity index (χ2v) is 4.92. The molecule has 0 radical (unpaired) electrons. The molecule has 1 fully saturated rings. The average molecular weight is 218 g/mol. The second kappa shape index (κ2) is 3.67. The Balaban J connectivity index is 2.03. The maximum absolute atomic E-state index is 9.95. The molecule has 2 aliphatic rings. The van der Waals surface area contributed by atoms with Gasteiger partial charge in [-0.15, -0.1) is 0 Å². The lowest BCUT2D eigenvalue weighted by Gasteiger charge is -2.44. The number of benzene rings is 1. The zero-order chi connectivity index (χ0) is 11.1. The minimum absolute atomic E-state index is 0.420. The van der Waals surface area contributed by atoms with Gasteiger partial charge in [-0.2, -0.15) is 0 Å². The third-order valence-corrected chi connectivity index (χ3v) is 4.02. The largest absolute Gasteiger partial charge is 0.506 e. The molecule has 1 aromatic carbocycles. The van der Waals surface area contributed by atoms with Gasteiger partial charge in [0, 0.05) is 19.6 Å². The molecule has 86 valence electrons. The highest BCUT2D eigenvalue weighted by atomic mass is 16.3. The lowest BCUT2D eigenvalue weighted by Crippen LogP contribution is -2.53. The molecule has 1 aromatic rings. The van der Waals surface area contributed by atoms with Crippen molar-refractivity contribution in [2.45, 2.75) is 18.9 Å². The first-order chi connectivity index (χ1) is 7.77. The molecule has 0 saturated carbocycles. The van der Waals surface area contributed by atoms with Crippen LogP contribution in [0.2, 0.25) is 0 Å². The number of piperidine rings is 1. The number of nitrogens with one attached hydrogen (secondary N) is 1.